The molecule has 1 aromatic carbocycles. The van der Waals surface area contributed by atoms with Crippen LogP contribution < -0.4 is 10.6 Å². The Morgan fingerprint density at radius 1 is 1.30 bits per heavy atom. The van der Waals surface area contributed by atoms with Gasteiger partial charge in [-0.1, -0.05) is 30.3 Å². The summed E-state index contributed by atoms with van der Waals surface area (Å²) in [6.07, 6.45) is 7.82. The summed E-state index contributed by atoms with van der Waals surface area (Å²) in [6.45, 7) is 0. The Labute approximate surface area is 178 Å². The molecule has 1 saturated heterocycles. The summed E-state index contributed by atoms with van der Waals surface area (Å²) >= 11 is 1.37. The molecule has 9 heteroatoms. The molecule has 0 bridgehead atoms. The van der Waals surface area contributed by atoms with Gasteiger partial charge in [0, 0.05) is 18.6 Å². The number of thioether (sulfide) groups is 1. The van der Waals surface area contributed by atoms with Crippen LogP contribution in [-0.4, -0.2) is 50.9 Å². The molecule has 0 unspecified atom stereocenters. The van der Waals surface area contributed by atoms with Gasteiger partial charge >= 0.3 is 5.97 Å². The van der Waals surface area contributed by atoms with E-state index in [9.17, 15) is 24.3 Å². The number of carbonyl (C=O) groups is 4. The van der Waals surface area contributed by atoms with Crippen LogP contribution in [0, 0.1) is 12.3 Å². The van der Waals surface area contributed by atoms with E-state index in [0.29, 0.717) is 24.2 Å². The summed E-state index contributed by atoms with van der Waals surface area (Å²) in [7, 11) is 0. The Bertz CT molecular complexity index is 924. The lowest BCUT2D eigenvalue weighted by Gasteiger charge is -2.48. The fourth-order valence-electron chi connectivity index (χ4n) is 3.30. The van der Waals surface area contributed by atoms with Crippen LogP contribution in [0.2, 0.25) is 0 Å². The van der Waals surface area contributed by atoms with Gasteiger partial charge in [-0.3, -0.25) is 19.3 Å². The number of hydrogen-bond donors (Lipinski definition) is 3. The summed E-state index contributed by atoms with van der Waals surface area (Å²) in [4.78, 5) is 50.2. The summed E-state index contributed by atoms with van der Waals surface area (Å²) in [6, 6.07) is 6.88. The molecule has 3 rings (SSSR count). The van der Waals surface area contributed by atoms with E-state index in [-0.39, 0.29) is 18.0 Å². The average Bonchev–Trinajstić information content (AvgIpc) is 2.75. The maximum absolute atomic E-state index is 13.0. The van der Waals surface area contributed by atoms with Crippen molar-refractivity contribution in [1.29, 1.82) is 0 Å². The van der Waals surface area contributed by atoms with Crippen molar-refractivity contribution in [3.63, 3.8) is 0 Å². The van der Waals surface area contributed by atoms with Gasteiger partial charge in [-0.25, -0.2) is 4.79 Å². The molecule has 0 aliphatic carbocycles. The van der Waals surface area contributed by atoms with Crippen LogP contribution >= 0.6 is 11.8 Å². The molecule has 3 amide bonds. The number of amides is 3. The summed E-state index contributed by atoms with van der Waals surface area (Å²) in [5, 5.41) is 14.1. The van der Waals surface area contributed by atoms with Gasteiger partial charge < -0.3 is 15.7 Å². The van der Waals surface area contributed by atoms with E-state index in [1.165, 1.54) is 22.7 Å². The number of hydrogen-bond acceptors (Lipinski definition) is 5. The monoisotopic (exact) mass is 427 g/mol. The maximum Gasteiger partial charge on any atom is 0.352 e. The Morgan fingerprint density at radius 2 is 2.03 bits per heavy atom. The second kappa shape index (κ2) is 9.50. The number of benzene rings is 1. The number of nitrogens with zero attached hydrogens (tertiary/aromatic N) is 1. The van der Waals surface area contributed by atoms with Gasteiger partial charge in [0.1, 0.15) is 23.2 Å². The zero-order valence-electron chi connectivity index (χ0n) is 16.0. The van der Waals surface area contributed by atoms with Crippen LogP contribution in [0.15, 0.2) is 42.1 Å². The van der Waals surface area contributed by atoms with E-state index in [1.54, 1.807) is 30.3 Å². The molecule has 30 heavy (non-hydrogen) atoms. The first kappa shape index (κ1) is 21.5. The van der Waals surface area contributed by atoms with Crippen LogP contribution in [0.5, 0.6) is 0 Å². The summed E-state index contributed by atoms with van der Waals surface area (Å²) in [5.41, 5.74) is 0.502. The Morgan fingerprint density at radius 3 is 2.70 bits per heavy atom. The zero-order chi connectivity index (χ0) is 21.7. The Hall–Kier alpha value is -3.25. The van der Waals surface area contributed by atoms with Gasteiger partial charge in [0.05, 0.1) is 0 Å². The number of carboxylic acid groups (broad SMARTS) is 1. The molecular formula is C21H21N3O5S. The molecule has 2 aliphatic rings. The highest BCUT2D eigenvalue weighted by Gasteiger charge is 2.53. The van der Waals surface area contributed by atoms with E-state index in [4.69, 9.17) is 6.42 Å². The van der Waals surface area contributed by atoms with Crippen molar-refractivity contribution in [2.75, 3.05) is 5.75 Å². The number of carbonyl (C=O) groups excluding carboxylic acids is 3. The normalized spacial score (nSPS) is 20.7. The van der Waals surface area contributed by atoms with Crippen LogP contribution in [0.3, 0.4) is 0 Å². The zero-order valence-corrected chi connectivity index (χ0v) is 16.9. The number of aliphatic carboxylic acids is 1. The van der Waals surface area contributed by atoms with E-state index in [0.717, 1.165) is 0 Å². The second-order valence-electron chi connectivity index (χ2n) is 6.78. The topological polar surface area (TPSA) is 116 Å². The molecule has 1 aromatic rings. The molecule has 0 spiro atoms. The maximum atomic E-state index is 13.0. The van der Waals surface area contributed by atoms with E-state index >= 15 is 0 Å². The van der Waals surface area contributed by atoms with Crippen LogP contribution in [0.4, 0.5) is 0 Å². The predicted octanol–water partition coefficient (Wildman–Crippen LogP) is 1.02. The lowest BCUT2D eigenvalue weighted by Crippen LogP contribution is -2.70. The highest BCUT2D eigenvalue weighted by molar-refractivity contribution is 8.00. The molecule has 3 atom stereocenters. The average molecular weight is 427 g/mol. The molecule has 1 fully saturated rings. The Balaban J connectivity index is 1.71. The second-order valence-corrected chi connectivity index (χ2v) is 7.93. The first-order valence-corrected chi connectivity index (χ1v) is 10.4. The Kier molecular flexibility index (Phi) is 6.79. The number of fused-ring (bicyclic) bond motifs is 1. The molecule has 0 saturated carbocycles. The molecular weight excluding hydrogens is 406 g/mol. The minimum absolute atomic E-state index is 0.0734. The van der Waals surface area contributed by atoms with Gasteiger partial charge in [0.15, 0.2) is 0 Å². The molecule has 8 nitrogen and oxygen atoms in total. The molecule has 0 aromatic heterocycles. The lowest BCUT2D eigenvalue weighted by atomic mass is 10.0. The minimum atomic E-state index is -1.18. The summed E-state index contributed by atoms with van der Waals surface area (Å²) < 4.78 is 0. The van der Waals surface area contributed by atoms with Gasteiger partial charge in [0.2, 0.25) is 11.8 Å². The first-order valence-electron chi connectivity index (χ1n) is 9.40. The highest BCUT2D eigenvalue weighted by Crippen LogP contribution is 2.37. The van der Waals surface area contributed by atoms with Crippen molar-refractivity contribution in [1.82, 2.24) is 15.5 Å². The number of β-lactam (4-membered cyclic amide) rings is 1. The van der Waals surface area contributed by atoms with Crippen molar-refractivity contribution in [2.24, 2.45) is 0 Å². The quantitative estimate of drug-likeness (QED) is 0.324. The van der Waals surface area contributed by atoms with Crippen molar-refractivity contribution in [3.05, 3.63) is 47.7 Å². The smallest absolute Gasteiger partial charge is 0.352 e. The number of rotatable bonds is 8. The van der Waals surface area contributed by atoms with Crippen LogP contribution in [0.1, 0.15) is 30.9 Å². The van der Waals surface area contributed by atoms with E-state index in [2.05, 4.69) is 16.6 Å². The number of unbranched alkanes of at least 4 members (excludes halogenated alkanes) is 1. The van der Waals surface area contributed by atoms with E-state index in [1.807, 2.05) is 0 Å². The SMILES string of the molecule is C#CCCCC(=O)N[C@@H](C(=O)N[C@@H]1C(=O)N2C(C(=O)O)=CCS[C@H]12)c1ccccc1. The molecule has 156 valence electrons. The van der Waals surface area contributed by atoms with Crippen LogP contribution in [0.25, 0.3) is 0 Å². The van der Waals surface area contributed by atoms with Crippen molar-refractivity contribution >= 4 is 35.5 Å². The standard InChI is InChI=1S/C21H21N3O5S/c1-2-3-5-10-15(25)22-16(13-8-6-4-7-9-13)18(26)23-17-19(27)24-14(21(28)29)11-12-30-20(17)24/h1,4,6-9,11,16-17,20H,3,5,10,12H2,(H,22,25)(H,23,26)(H,28,29)/t16-,17-,20-/m1/s1. The van der Waals surface area contributed by atoms with Gasteiger partial charge in [0.25, 0.3) is 5.91 Å². The van der Waals surface area contributed by atoms with Crippen molar-refractivity contribution in [3.8, 4) is 12.3 Å². The van der Waals surface area contributed by atoms with Crippen LogP contribution in [-0.2, 0) is 19.2 Å². The first-order chi connectivity index (χ1) is 14.4. The third kappa shape index (κ3) is 4.49. The molecule has 3 N–H and O–H groups in total. The van der Waals surface area contributed by atoms with Gasteiger partial charge in [-0.05, 0) is 18.1 Å². The lowest BCUT2D eigenvalue weighted by molar-refractivity contribution is -0.151. The minimum Gasteiger partial charge on any atom is -0.477 e. The van der Waals surface area contributed by atoms with E-state index < -0.39 is 35.2 Å². The number of carboxylic acids is 1. The van der Waals surface area contributed by atoms with Crippen molar-refractivity contribution in [2.45, 2.75) is 36.7 Å². The molecule has 2 aliphatic heterocycles. The predicted molar refractivity (Wildman–Crippen MR) is 111 cm³/mol. The number of terminal acetylenes is 1. The van der Waals surface area contributed by atoms with Gasteiger partial charge in [-0.2, -0.15) is 0 Å². The highest BCUT2D eigenvalue weighted by atomic mass is 32.2. The molecule has 0 radical (unpaired) electrons. The fourth-order valence-corrected chi connectivity index (χ4v) is 4.50. The third-order valence-corrected chi connectivity index (χ3v) is 5.97. The number of nitrogens with one attached hydrogen (secondary N) is 2. The largest absolute Gasteiger partial charge is 0.477 e. The van der Waals surface area contributed by atoms with Gasteiger partial charge in [-0.15, -0.1) is 24.1 Å². The molecule has 2 heterocycles. The summed E-state index contributed by atoms with van der Waals surface area (Å²) in [5.74, 6) is 0.375. The third-order valence-electron chi connectivity index (χ3n) is 4.79. The van der Waals surface area contributed by atoms with Crippen molar-refractivity contribution < 1.29 is 24.3 Å². The fraction of sp³-hybridized carbons (Fsp3) is 0.333.